The van der Waals surface area contributed by atoms with Crippen LogP contribution in [0.1, 0.15) is 16.1 Å². The molecule has 0 saturated heterocycles. The zero-order valence-corrected chi connectivity index (χ0v) is 16.6. The number of benzene rings is 2. The van der Waals surface area contributed by atoms with Crippen molar-refractivity contribution in [2.45, 2.75) is 6.92 Å². The van der Waals surface area contributed by atoms with Gasteiger partial charge >= 0.3 is 10.3 Å². The minimum absolute atomic E-state index is 0.0293. The van der Waals surface area contributed by atoms with Crippen LogP contribution in [0.5, 0.6) is 5.75 Å². The summed E-state index contributed by atoms with van der Waals surface area (Å²) in [6, 6.07) is 14.9. The van der Waals surface area contributed by atoms with E-state index in [0.29, 0.717) is 11.3 Å². The normalized spacial score (nSPS) is 11.3. The van der Waals surface area contributed by atoms with Crippen LogP contribution in [0, 0.1) is 6.92 Å². The van der Waals surface area contributed by atoms with Crippen LogP contribution in [-0.2, 0) is 10.3 Å². The molecule has 0 aliphatic heterocycles. The molecule has 9 heteroatoms. The summed E-state index contributed by atoms with van der Waals surface area (Å²) in [6.45, 7) is 1.91. The SMILES string of the molecule is Cc1ccccc1N(C)C(=O)c1ccc(-c2ccc(OS(N)(=O)=O)cc2Cl)o1. The second kappa shape index (κ2) is 7.67. The summed E-state index contributed by atoms with van der Waals surface area (Å²) in [4.78, 5) is 14.2. The smallest absolute Gasteiger partial charge is 0.380 e. The number of hydrogen-bond donors (Lipinski definition) is 1. The highest BCUT2D eigenvalue weighted by molar-refractivity contribution is 7.84. The second-order valence-electron chi connectivity index (χ2n) is 6.03. The van der Waals surface area contributed by atoms with Gasteiger partial charge in [-0.25, -0.2) is 0 Å². The number of furan rings is 1. The van der Waals surface area contributed by atoms with E-state index in [1.54, 1.807) is 19.2 Å². The lowest BCUT2D eigenvalue weighted by Gasteiger charge is -2.18. The van der Waals surface area contributed by atoms with Crippen molar-refractivity contribution in [1.29, 1.82) is 0 Å². The van der Waals surface area contributed by atoms with Gasteiger partial charge in [-0.1, -0.05) is 29.8 Å². The summed E-state index contributed by atoms with van der Waals surface area (Å²) in [5.41, 5.74) is 2.20. The Balaban J connectivity index is 1.86. The predicted molar refractivity (Wildman–Crippen MR) is 107 cm³/mol. The lowest BCUT2D eigenvalue weighted by atomic mass is 10.1. The molecule has 28 heavy (non-hydrogen) atoms. The Kier molecular flexibility index (Phi) is 5.46. The van der Waals surface area contributed by atoms with Crippen LogP contribution in [0.2, 0.25) is 5.02 Å². The van der Waals surface area contributed by atoms with Crippen molar-refractivity contribution in [1.82, 2.24) is 0 Å². The highest BCUT2D eigenvalue weighted by Crippen LogP contribution is 2.33. The molecule has 1 amide bonds. The lowest BCUT2D eigenvalue weighted by Crippen LogP contribution is -2.26. The standard InChI is InChI=1S/C19H17ClN2O5S/c1-12-5-3-4-6-16(12)22(2)19(23)18-10-9-17(26-18)14-8-7-13(11-15(14)20)27-28(21,24)25/h3-11H,1-2H3,(H2,21,24,25). The van der Waals surface area contributed by atoms with Crippen molar-refractivity contribution < 1.29 is 21.8 Å². The van der Waals surface area contributed by atoms with Gasteiger partial charge in [-0.2, -0.15) is 13.6 Å². The van der Waals surface area contributed by atoms with Gasteiger partial charge in [-0.15, -0.1) is 0 Å². The Morgan fingerprint density at radius 3 is 2.50 bits per heavy atom. The number of amides is 1. The molecule has 7 nitrogen and oxygen atoms in total. The largest absolute Gasteiger partial charge is 0.451 e. The molecule has 0 radical (unpaired) electrons. The number of rotatable bonds is 5. The van der Waals surface area contributed by atoms with Crippen LogP contribution in [0.4, 0.5) is 5.69 Å². The van der Waals surface area contributed by atoms with E-state index in [1.165, 1.54) is 23.1 Å². The number of nitrogens with two attached hydrogens (primary N) is 1. The molecule has 3 rings (SSSR count). The first-order chi connectivity index (χ1) is 13.2. The molecule has 146 valence electrons. The number of anilines is 1. The molecule has 0 bridgehead atoms. The van der Waals surface area contributed by atoms with E-state index < -0.39 is 10.3 Å². The quantitative estimate of drug-likeness (QED) is 0.676. The molecule has 2 aromatic carbocycles. The van der Waals surface area contributed by atoms with Crippen LogP contribution in [-0.4, -0.2) is 21.4 Å². The third-order valence-corrected chi connectivity index (χ3v) is 4.75. The maximum Gasteiger partial charge on any atom is 0.380 e. The minimum atomic E-state index is -4.15. The van der Waals surface area contributed by atoms with E-state index in [1.807, 2.05) is 31.2 Å². The van der Waals surface area contributed by atoms with E-state index >= 15 is 0 Å². The highest BCUT2D eigenvalue weighted by atomic mass is 35.5. The van der Waals surface area contributed by atoms with Gasteiger partial charge in [-0.3, -0.25) is 4.79 Å². The Bertz CT molecular complexity index is 1140. The van der Waals surface area contributed by atoms with Crippen molar-refractivity contribution in [2.75, 3.05) is 11.9 Å². The molecule has 0 spiro atoms. The number of nitrogens with zero attached hydrogens (tertiary/aromatic N) is 1. The zero-order chi connectivity index (χ0) is 20.5. The first-order valence-corrected chi connectivity index (χ1v) is 9.96. The number of halogens is 1. The number of hydrogen-bond acceptors (Lipinski definition) is 5. The Labute approximate surface area is 167 Å². The van der Waals surface area contributed by atoms with Crippen LogP contribution in [0.15, 0.2) is 59.0 Å². The summed E-state index contributed by atoms with van der Waals surface area (Å²) in [5.74, 6) is 0.152. The topological polar surface area (TPSA) is 103 Å². The fraction of sp³-hybridized carbons (Fsp3) is 0.105. The molecule has 0 aliphatic carbocycles. The van der Waals surface area contributed by atoms with Crippen LogP contribution in [0.3, 0.4) is 0 Å². The second-order valence-corrected chi connectivity index (χ2v) is 7.59. The molecular weight excluding hydrogens is 404 g/mol. The van der Waals surface area contributed by atoms with Crippen LogP contribution in [0.25, 0.3) is 11.3 Å². The number of para-hydroxylation sites is 1. The number of carbonyl (C=O) groups is 1. The highest BCUT2D eigenvalue weighted by Gasteiger charge is 2.20. The Morgan fingerprint density at radius 2 is 1.86 bits per heavy atom. The zero-order valence-electron chi connectivity index (χ0n) is 15.0. The summed E-state index contributed by atoms with van der Waals surface area (Å²) in [6.07, 6.45) is 0. The summed E-state index contributed by atoms with van der Waals surface area (Å²) >= 11 is 6.19. The van der Waals surface area contributed by atoms with Crippen molar-refractivity contribution in [3.05, 3.63) is 70.9 Å². The summed E-state index contributed by atoms with van der Waals surface area (Å²) in [7, 11) is -2.48. The maximum absolute atomic E-state index is 12.7. The van der Waals surface area contributed by atoms with Gasteiger partial charge in [-0.05, 0) is 42.8 Å². The van der Waals surface area contributed by atoms with Gasteiger partial charge in [0, 0.05) is 24.4 Å². The summed E-state index contributed by atoms with van der Waals surface area (Å²) in [5, 5.41) is 5.02. The van der Waals surface area contributed by atoms with Gasteiger partial charge in [0.25, 0.3) is 5.91 Å². The molecule has 2 N–H and O–H groups in total. The fourth-order valence-electron chi connectivity index (χ4n) is 2.69. The van der Waals surface area contributed by atoms with Crippen LogP contribution < -0.4 is 14.2 Å². The van der Waals surface area contributed by atoms with Crippen molar-refractivity contribution in [2.24, 2.45) is 5.14 Å². The first-order valence-electron chi connectivity index (χ1n) is 8.11. The van der Waals surface area contributed by atoms with Gasteiger partial charge in [0.1, 0.15) is 11.5 Å². The first kappa shape index (κ1) is 19.9. The van der Waals surface area contributed by atoms with Crippen LogP contribution >= 0.6 is 11.6 Å². The van der Waals surface area contributed by atoms with Crippen molar-refractivity contribution >= 4 is 33.5 Å². The minimum Gasteiger partial charge on any atom is -0.451 e. The van der Waals surface area contributed by atoms with E-state index in [4.69, 9.17) is 21.2 Å². The molecule has 0 saturated carbocycles. The molecule has 1 heterocycles. The Hall–Kier alpha value is -2.81. The van der Waals surface area contributed by atoms with Gasteiger partial charge < -0.3 is 13.5 Å². The molecular formula is C19H17ClN2O5S. The van der Waals surface area contributed by atoms with Gasteiger partial charge in [0.05, 0.1) is 5.02 Å². The van der Waals surface area contributed by atoms with E-state index in [0.717, 1.165) is 11.3 Å². The third-order valence-electron chi connectivity index (χ3n) is 4.02. The molecule has 0 aliphatic rings. The van der Waals surface area contributed by atoms with Crippen molar-refractivity contribution in [3.63, 3.8) is 0 Å². The average Bonchev–Trinajstić information content (AvgIpc) is 3.09. The summed E-state index contributed by atoms with van der Waals surface area (Å²) < 4.78 is 32.3. The van der Waals surface area contributed by atoms with E-state index in [9.17, 15) is 13.2 Å². The molecule has 0 fully saturated rings. The lowest BCUT2D eigenvalue weighted by molar-refractivity contribution is 0.0967. The molecule has 0 atom stereocenters. The Morgan fingerprint density at radius 1 is 1.14 bits per heavy atom. The third kappa shape index (κ3) is 4.36. The van der Waals surface area contributed by atoms with Gasteiger partial charge in [0.15, 0.2) is 5.76 Å². The van der Waals surface area contributed by atoms with Gasteiger partial charge in [0.2, 0.25) is 0 Å². The average molecular weight is 421 g/mol. The molecule has 0 unspecified atom stereocenters. The van der Waals surface area contributed by atoms with Crippen molar-refractivity contribution in [3.8, 4) is 17.1 Å². The predicted octanol–water partition coefficient (Wildman–Crippen LogP) is 3.77. The van der Waals surface area contributed by atoms with E-state index in [2.05, 4.69) is 4.18 Å². The number of carbonyl (C=O) groups excluding carboxylic acids is 1. The van der Waals surface area contributed by atoms with E-state index in [-0.39, 0.29) is 22.4 Å². The molecule has 3 aromatic rings. The monoisotopic (exact) mass is 420 g/mol. The number of aryl methyl sites for hydroxylation is 1. The maximum atomic E-state index is 12.7. The fourth-order valence-corrected chi connectivity index (χ4v) is 3.33. The molecule has 1 aromatic heterocycles.